The van der Waals surface area contributed by atoms with E-state index in [1.807, 2.05) is 6.92 Å². The van der Waals surface area contributed by atoms with Gasteiger partial charge in [-0.15, -0.1) is 11.8 Å². The fraction of sp³-hybridized carbons (Fsp3) is 0.875. The highest BCUT2D eigenvalue weighted by molar-refractivity contribution is 4.94. The molecule has 0 atom stereocenters. The smallest absolute Gasteiger partial charge is 0.00885 e. The zero-order valence-electron chi connectivity index (χ0n) is 11.9. The zero-order valence-corrected chi connectivity index (χ0v) is 11.9. The van der Waals surface area contributed by atoms with E-state index < -0.39 is 0 Å². The molecule has 0 heterocycles. The van der Waals surface area contributed by atoms with Crippen LogP contribution in [0.5, 0.6) is 0 Å². The van der Waals surface area contributed by atoms with Crippen molar-refractivity contribution in [2.75, 3.05) is 0 Å². The highest BCUT2D eigenvalue weighted by Gasteiger charge is 2.08. The summed E-state index contributed by atoms with van der Waals surface area (Å²) < 4.78 is 0. The standard InChI is InChI=1S/C16H30/c1-5-6-7-8-9-10-11-12-13-14-15-16(2,3)4/h7-15H2,1-4H3. The van der Waals surface area contributed by atoms with Crippen molar-refractivity contribution in [1.82, 2.24) is 0 Å². The van der Waals surface area contributed by atoms with Crippen molar-refractivity contribution in [3.63, 3.8) is 0 Å². The molecule has 0 spiro atoms. The lowest BCUT2D eigenvalue weighted by atomic mass is 9.89. The van der Waals surface area contributed by atoms with Crippen molar-refractivity contribution in [2.24, 2.45) is 5.41 Å². The topological polar surface area (TPSA) is 0 Å². The first kappa shape index (κ1) is 15.6. The number of unbranched alkanes of at least 4 members (excludes halogenated alkanes) is 7. The average Bonchev–Trinajstić information content (AvgIpc) is 2.19. The maximum Gasteiger partial charge on any atom is 0.00885 e. The summed E-state index contributed by atoms with van der Waals surface area (Å²) in [5.74, 6) is 6.08. The molecular weight excluding hydrogens is 192 g/mol. The summed E-state index contributed by atoms with van der Waals surface area (Å²) in [7, 11) is 0. The van der Waals surface area contributed by atoms with E-state index in [4.69, 9.17) is 0 Å². The zero-order chi connectivity index (χ0) is 12.3. The second kappa shape index (κ2) is 9.76. The molecule has 0 aliphatic heterocycles. The molecule has 0 rings (SSSR count). The summed E-state index contributed by atoms with van der Waals surface area (Å²) in [6.45, 7) is 8.93. The Kier molecular flexibility index (Phi) is 9.49. The van der Waals surface area contributed by atoms with Gasteiger partial charge in [-0.1, -0.05) is 59.3 Å². The van der Waals surface area contributed by atoms with Crippen LogP contribution in [0.25, 0.3) is 0 Å². The van der Waals surface area contributed by atoms with E-state index >= 15 is 0 Å². The molecule has 0 saturated carbocycles. The van der Waals surface area contributed by atoms with Gasteiger partial charge in [-0.05, 0) is 25.2 Å². The van der Waals surface area contributed by atoms with Gasteiger partial charge in [-0.3, -0.25) is 0 Å². The highest BCUT2D eigenvalue weighted by Crippen LogP contribution is 2.22. The van der Waals surface area contributed by atoms with E-state index in [9.17, 15) is 0 Å². The largest absolute Gasteiger partial charge is 0.107 e. The molecule has 0 heteroatoms. The second-order valence-corrected chi connectivity index (χ2v) is 5.96. The third-order valence-electron chi connectivity index (χ3n) is 2.91. The van der Waals surface area contributed by atoms with Gasteiger partial charge in [0, 0.05) is 6.42 Å². The van der Waals surface area contributed by atoms with E-state index in [0.29, 0.717) is 5.41 Å². The molecule has 0 aliphatic rings. The van der Waals surface area contributed by atoms with E-state index in [1.54, 1.807) is 0 Å². The molecule has 0 aromatic rings. The van der Waals surface area contributed by atoms with Crippen molar-refractivity contribution in [3.05, 3.63) is 0 Å². The quantitative estimate of drug-likeness (QED) is 0.372. The van der Waals surface area contributed by atoms with Crippen LogP contribution in [-0.4, -0.2) is 0 Å². The van der Waals surface area contributed by atoms with E-state index in [0.717, 1.165) is 6.42 Å². The lowest BCUT2D eigenvalue weighted by Gasteiger charge is -2.17. The number of hydrogen-bond acceptors (Lipinski definition) is 0. The summed E-state index contributed by atoms with van der Waals surface area (Å²) in [5.41, 5.74) is 0.527. The molecule has 0 radical (unpaired) electrons. The molecule has 0 bridgehead atoms. The lowest BCUT2D eigenvalue weighted by molar-refractivity contribution is 0.356. The molecule has 0 amide bonds. The fourth-order valence-electron chi connectivity index (χ4n) is 1.88. The third kappa shape index (κ3) is 13.6. The van der Waals surface area contributed by atoms with Crippen molar-refractivity contribution in [1.29, 1.82) is 0 Å². The Labute approximate surface area is 103 Å². The number of hydrogen-bond donors (Lipinski definition) is 0. The maximum atomic E-state index is 3.13. The summed E-state index contributed by atoms with van der Waals surface area (Å²) in [5, 5.41) is 0. The van der Waals surface area contributed by atoms with Crippen LogP contribution in [0, 0.1) is 17.3 Å². The molecule has 0 aromatic heterocycles. The number of rotatable bonds is 8. The van der Waals surface area contributed by atoms with Gasteiger partial charge >= 0.3 is 0 Å². The molecule has 0 saturated heterocycles. The molecule has 0 nitrogen and oxygen atoms in total. The predicted octanol–water partition coefficient (Wildman–Crippen LogP) is 5.57. The van der Waals surface area contributed by atoms with Crippen LogP contribution in [0.1, 0.15) is 85.5 Å². The van der Waals surface area contributed by atoms with Gasteiger partial charge in [0.15, 0.2) is 0 Å². The minimum Gasteiger partial charge on any atom is -0.107 e. The third-order valence-corrected chi connectivity index (χ3v) is 2.91. The molecule has 0 aromatic carbocycles. The minimum atomic E-state index is 0.527. The molecular formula is C16H30. The van der Waals surface area contributed by atoms with Crippen LogP contribution in [0.15, 0.2) is 0 Å². The van der Waals surface area contributed by atoms with Gasteiger partial charge in [-0.2, -0.15) is 0 Å². The van der Waals surface area contributed by atoms with Crippen LogP contribution < -0.4 is 0 Å². The van der Waals surface area contributed by atoms with E-state index in [2.05, 4.69) is 32.6 Å². The predicted molar refractivity (Wildman–Crippen MR) is 74.5 cm³/mol. The highest BCUT2D eigenvalue weighted by atomic mass is 14.1. The van der Waals surface area contributed by atoms with Crippen molar-refractivity contribution in [2.45, 2.75) is 85.5 Å². The van der Waals surface area contributed by atoms with Crippen molar-refractivity contribution in [3.8, 4) is 11.8 Å². The Morgan fingerprint density at radius 3 is 1.75 bits per heavy atom. The Morgan fingerprint density at radius 2 is 1.25 bits per heavy atom. The first-order valence-corrected chi connectivity index (χ1v) is 6.96. The van der Waals surface area contributed by atoms with Gasteiger partial charge in [-0.25, -0.2) is 0 Å². The molecule has 0 unspecified atom stereocenters. The van der Waals surface area contributed by atoms with Gasteiger partial charge in [0.1, 0.15) is 0 Å². The summed E-state index contributed by atoms with van der Waals surface area (Å²) in [6, 6.07) is 0. The Morgan fingerprint density at radius 1 is 0.750 bits per heavy atom. The first-order valence-electron chi connectivity index (χ1n) is 6.96. The minimum absolute atomic E-state index is 0.527. The maximum absolute atomic E-state index is 3.13. The van der Waals surface area contributed by atoms with Crippen LogP contribution in [0.4, 0.5) is 0 Å². The molecule has 0 N–H and O–H groups in total. The van der Waals surface area contributed by atoms with Gasteiger partial charge in [0.05, 0.1) is 0 Å². The average molecular weight is 222 g/mol. The normalized spacial score (nSPS) is 11.0. The van der Waals surface area contributed by atoms with Gasteiger partial charge in [0.25, 0.3) is 0 Å². The monoisotopic (exact) mass is 222 g/mol. The molecule has 0 fully saturated rings. The van der Waals surface area contributed by atoms with E-state index in [1.165, 1.54) is 51.4 Å². The van der Waals surface area contributed by atoms with E-state index in [-0.39, 0.29) is 0 Å². The molecule has 94 valence electrons. The molecule has 0 aliphatic carbocycles. The summed E-state index contributed by atoms with van der Waals surface area (Å²) in [4.78, 5) is 0. The molecule has 16 heavy (non-hydrogen) atoms. The Balaban J connectivity index is 3.06. The SMILES string of the molecule is CC#CCCCCCCCCCC(C)(C)C. The van der Waals surface area contributed by atoms with Crippen LogP contribution >= 0.6 is 0 Å². The van der Waals surface area contributed by atoms with Crippen LogP contribution in [0.2, 0.25) is 0 Å². The van der Waals surface area contributed by atoms with Crippen LogP contribution in [0.3, 0.4) is 0 Å². The lowest BCUT2D eigenvalue weighted by Crippen LogP contribution is -2.03. The van der Waals surface area contributed by atoms with Crippen molar-refractivity contribution < 1.29 is 0 Å². The first-order chi connectivity index (χ1) is 7.56. The van der Waals surface area contributed by atoms with Crippen LogP contribution in [-0.2, 0) is 0 Å². The Hall–Kier alpha value is -0.440. The Bertz CT molecular complexity index is 196. The fourth-order valence-corrected chi connectivity index (χ4v) is 1.88. The van der Waals surface area contributed by atoms with Gasteiger partial charge < -0.3 is 0 Å². The second-order valence-electron chi connectivity index (χ2n) is 5.96. The van der Waals surface area contributed by atoms with Gasteiger partial charge in [0.2, 0.25) is 0 Å². The summed E-state index contributed by atoms with van der Waals surface area (Å²) in [6.07, 6.45) is 12.2. The van der Waals surface area contributed by atoms with Crippen molar-refractivity contribution >= 4 is 0 Å². The summed E-state index contributed by atoms with van der Waals surface area (Å²) >= 11 is 0.